The van der Waals surface area contributed by atoms with Crippen LogP contribution in [-0.4, -0.2) is 28.2 Å². The second-order valence-electron chi connectivity index (χ2n) is 9.00. The van der Waals surface area contributed by atoms with Gasteiger partial charge in [0.2, 0.25) is 11.8 Å². The molecule has 4 aromatic rings. The Kier molecular flexibility index (Phi) is 7.17. The Morgan fingerprint density at radius 2 is 1.76 bits per heavy atom. The van der Waals surface area contributed by atoms with Crippen molar-refractivity contribution >= 4 is 11.8 Å². The summed E-state index contributed by atoms with van der Waals surface area (Å²) < 4.78 is 37.9. The van der Waals surface area contributed by atoms with Gasteiger partial charge in [0, 0.05) is 20.0 Å². The van der Waals surface area contributed by atoms with Crippen molar-refractivity contribution in [1.82, 2.24) is 15.2 Å². The van der Waals surface area contributed by atoms with E-state index < -0.39 is 5.91 Å². The van der Waals surface area contributed by atoms with Crippen LogP contribution in [-0.2, 0) is 24.4 Å². The number of aromatic nitrogens is 1. The Balaban J connectivity index is 1.27. The van der Waals surface area contributed by atoms with Gasteiger partial charge in [0.15, 0.2) is 12.3 Å². The molecular weight excluding hydrogens is 492 g/mol. The maximum atomic E-state index is 13.6. The van der Waals surface area contributed by atoms with Crippen LogP contribution in [0.4, 0.5) is 8.78 Å². The number of hydrogen-bond acceptors (Lipinski definition) is 5. The van der Waals surface area contributed by atoms with Crippen LogP contribution in [0.25, 0.3) is 0 Å². The number of benzene rings is 3. The van der Waals surface area contributed by atoms with E-state index in [4.69, 9.17) is 9.15 Å². The molecule has 1 N–H and O–H groups in total. The quantitative estimate of drug-likeness (QED) is 0.375. The van der Waals surface area contributed by atoms with Gasteiger partial charge in [-0.05, 0) is 65.1 Å². The van der Waals surface area contributed by atoms with E-state index in [0.29, 0.717) is 18.7 Å². The first-order chi connectivity index (χ1) is 18.4. The Hall–Kier alpha value is -4.53. The predicted octanol–water partition coefficient (Wildman–Crippen LogP) is 4.96. The lowest BCUT2D eigenvalue weighted by Gasteiger charge is -2.37. The van der Waals surface area contributed by atoms with Gasteiger partial charge in [0.05, 0.1) is 6.04 Å². The van der Waals surface area contributed by atoms with Crippen LogP contribution in [0.2, 0.25) is 0 Å². The summed E-state index contributed by atoms with van der Waals surface area (Å²) in [5.74, 6) is -0.421. The lowest BCUT2D eigenvalue weighted by Crippen LogP contribution is -2.39. The minimum atomic E-state index is -0.426. The lowest BCUT2D eigenvalue weighted by atomic mass is 9.88. The fraction of sp³-hybridized carbons (Fsp3) is 0.207. The number of nitrogens with zero attached hydrogens (tertiary/aromatic N) is 2. The van der Waals surface area contributed by atoms with E-state index in [0.717, 1.165) is 22.3 Å². The highest BCUT2D eigenvalue weighted by Crippen LogP contribution is 2.37. The molecule has 194 valence electrons. The molecule has 0 aliphatic carbocycles. The molecule has 0 fully saturated rings. The maximum absolute atomic E-state index is 13.6. The van der Waals surface area contributed by atoms with E-state index >= 15 is 0 Å². The molecule has 2 heterocycles. The highest BCUT2D eigenvalue weighted by molar-refractivity contribution is 5.91. The number of ether oxygens (including phenoxy) is 1. The molecule has 1 aliphatic heterocycles. The molecule has 5 rings (SSSR count). The van der Waals surface area contributed by atoms with Crippen molar-refractivity contribution < 1.29 is 27.5 Å². The summed E-state index contributed by atoms with van der Waals surface area (Å²) in [5, 5.41) is 2.71. The van der Waals surface area contributed by atoms with Crippen molar-refractivity contribution in [3.63, 3.8) is 0 Å². The van der Waals surface area contributed by atoms with Gasteiger partial charge in [0.1, 0.15) is 23.6 Å². The molecule has 0 saturated carbocycles. The van der Waals surface area contributed by atoms with Crippen LogP contribution >= 0.6 is 0 Å². The lowest BCUT2D eigenvalue weighted by molar-refractivity contribution is -0.130. The zero-order chi connectivity index (χ0) is 26.6. The monoisotopic (exact) mass is 517 g/mol. The highest BCUT2D eigenvalue weighted by Gasteiger charge is 2.31. The van der Waals surface area contributed by atoms with E-state index in [1.54, 1.807) is 29.2 Å². The molecular formula is C29H25F2N3O4. The van der Waals surface area contributed by atoms with Crippen LogP contribution in [0.1, 0.15) is 51.6 Å². The van der Waals surface area contributed by atoms with Gasteiger partial charge in [0.25, 0.3) is 5.91 Å². The molecule has 9 heteroatoms. The van der Waals surface area contributed by atoms with Gasteiger partial charge < -0.3 is 19.4 Å². The summed E-state index contributed by atoms with van der Waals surface area (Å²) in [4.78, 5) is 30.8. The van der Waals surface area contributed by atoms with Crippen molar-refractivity contribution in [3.05, 3.63) is 118 Å². The topological polar surface area (TPSA) is 84.7 Å². The zero-order valence-corrected chi connectivity index (χ0v) is 20.6. The molecule has 0 spiro atoms. The number of carbonyl (C=O) groups excluding carboxylic acids is 2. The van der Waals surface area contributed by atoms with Gasteiger partial charge in [-0.1, -0.05) is 30.3 Å². The summed E-state index contributed by atoms with van der Waals surface area (Å²) in [6, 6.07) is 17.3. The minimum Gasteiger partial charge on any atom is -0.484 e. The van der Waals surface area contributed by atoms with E-state index in [-0.39, 0.29) is 48.3 Å². The normalized spacial score (nSPS) is 14.6. The molecule has 2 amide bonds. The first-order valence-electron chi connectivity index (χ1n) is 12.1. The SMILES string of the molecule is CC(=O)N1CCc2ccc(OCc3nc(C(=O)NCc4ccc(F)cc4)co3)cc2C1c1ccc(F)cc1. The molecule has 0 radical (unpaired) electrons. The fourth-order valence-corrected chi connectivity index (χ4v) is 4.53. The Morgan fingerprint density at radius 3 is 2.47 bits per heavy atom. The van der Waals surface area contributed by atoms with Crippen LogP contribution in [0.15, 0.2) is 77.4 Å². The number of hydrogen-bond donors (Lipinski definition) is 1. The van der Waals surface area contributed by atoms with E-state index in [9.17, 15) is 18.4 Å². The summed E-state index contributed by atoms with van der Waals surface area (Å²) in [7, 11) is 0. The third-order valence-electron chi connectivity index (χ3n) is 6.45. The number of carbonyl (C=O) groups is 2. The van der Waals surface area contributed by atoms with Gasteiger partial charge in [-0.3, -0.25) is 9.59 Å². The van der Waals surface area contributed by atoms with E-state index in [2.05, 4.69) is 10.3 Å². The number of rotatable bonds is 7. The van der Waals surface area contributed by atoms with E-state index in [1.165, 1.54) is 37.5 Å². The van der Waals surface area contributed by atoms with Gasteiger partial charge >= 0.3 is 0 Å². The Labute approximate surface area is 218 Å². The maximum Gasteiger partial charge on any atom is 0.273 e. The first-order valence-corrected chi connectivity index (χ1v) is 12.1. The zero-order valence-electron chi connectivity index (χ0n) is 20.6. The molecule has 0 bridgehead atoms. The average molecular weight is 518 g/mol. The number of oxazole rings is 1. The summed E-state index contributed by atoms with van der Waals surface area (Å²) in [5.41, 5.74) is 3.65. The molecule has 3 aromatic carbocycles. The molecule has 38 heavy (non-hydrogen) atoms. The molecule has 1 aliphatic rings. The Bertz CT molecular complexity index is 1450. The van der Waals surface area contributed by atoms with Crippen LogP contribution < -0.4 is 10.1 Å². The molecule has 0 saturated heterocycles. The highest BCUT2D eigenvalue weighted by atomic mass is 19.1. The molecule has 1 aromatic heterocycles. The van der Waals surface area contributed by atoms with Gasteiger partial charge in [-0.2, -0.15) is 0 Å². The standard InChI is InChI=1S/C29H25F2N3O4/c1-18(35)34-13-12-20-6-11-24(14-25(20)28(34)21-4-9-23(31)10-5-21)37-17-27-33-26(16-38-27)29(36)32-15-19-2-7-22(30)8-3-19/h2-11,14,16,28H,12-13,15,17H2,1H3,(H,32,36). The fourth-order valence-electron chi connectivity index (χ4n) is 4.53. The second-order valence-corrected chi connectivity index (χ2v) is 9.00. The molecule has 1 atom stereocenters. The van der Waals surface area contributed by atoms with Crippen LogP contribution in [0.3, 0.4) is 0 Å². The van der Waals surface area contributed by atoms with E-state index in [1.807, 2.05) is 18.2 Å². The van der Waals surface area contributed by atoms with Crippen LogP contribution in [0, 0.1) is 11.6 Å². The molecule has 1 unspecified atom stereocenters. The smallest absolute Gasteiger partial charge is 0.273 e. The van der Waals surface area contributed by atoms with Crippen molar-refractivity contribution in [1.29, 1.82) is 0 Å². The number of halogens is 2. The third-order valence-corrected chi connectivity index (χ3v) is 6.45. The summed E-state index contributed by atoms with van der Waals surface area (Å²) in [6.07, 6.45) is 1.95. The first kappa shape index (κ1) is 25.1. The summed E-state index contributed by atoms with van der Waals surface area (Å²) >= 11 is 0. The second kappa shape index (κ2) is 10.8. The number of nitrogens with one attached hydrogen (secondary N) is 1. The number of fused-ring (bicyclic) bond motifs is 1. The van der Waals surface area contributed by atoms with Gasteiger partial charge in [-0.25, -0.2) is 13.8 Å². The van der Waals surface area contributed by atoms with Crippen molar-refractivity contribution in [3.8, 4) is 5.75 Å². The van der Waals surface area contributed by atoms with Crippen molar-refractivity contribution in [2.45, 2.75) is 32.5 Å². The summed E-state index contributed by atoms with van der Waals surface area (Å²) in [6.45, 7) is 2.30. The van der Waals surface area contributed by atoms with Gasteiger partial charge in [-0.15, -0.1) is 0 Å². The minimum absolute atomic E-state index is 0.0122. The average Bonchev–Trinajstić information content (AvgIpc) is 3.40. The van der Waals surface area contributed by atoms with Crippen molar-refractivity contribution in [2.24, 2.45) is 0 Å². The van der Waals surface area contributed by atoms with Crippen molar-refractivity contribution in [2.75, 3.05) is 6.54 Å². The van der Waals surface area contributed by atoms with Crippen LogP contribution in [0.5, 0.6) is 5.75 Å². The number of amides is 2. The predicted molar refractivity (Wildman–Crippen MR) is 134 cm³/mol. The third kappa shape index (κ3) is 5.56. The largest absolute Gasteiger partial charge is 0.484 e. The Morgan fingerprint density at radius 1 is 1.05 bits per heavy atom. The molecule has 7 nitrogen and oxygen atoms in total.